The average Bonchev–Trinajstić information content (AvgIpc) is 2.92. The maximum absolute atomic E-state index is 12.3. The Morgan fingerprint density at radius 1 is 1.24 bits per heavy atom. The summed E-state index contributed by atoms with van der Waals surface area (Å²) in [5.74, 6) is 0.734. The summed E-state index contributed by atoms with van der Waals surface area (Å²) in [6, 6.07) is 15.4. The lowest BCUT2D eigenvalue weighted by atomic mass is 10.2. The van der Waals surface area contributed by atoms with Crippen LogP contribution in [0, 0.1) is 0 Å². The third-order valence-electron chi connectivity index (χ3n) is 3.10. The molecule has 1 N–H and O–H groups in total. The Morgan fingerprint density at radius 2 is 2.14 bits per heavy atom. The lowest BCUT2D eigenvalue weighted by molar-refractivity contribution is 0.102. The molecule has 0 fully saturated rings. The lowest BCUT2D eigenvalue weighted by Gasteiger charge is -2.05. The molecular formula is C16H15N3OS. The number of fused-ring (bicyclic) bond motifs is 1. The van der Waals surface area contributed by atoms with Crippen LogP contribution in [-0.2, 0) is 5.75 Å². The van der Waals surface area contributed by atoms with E-state index in [2.05, 4.69) is 22.7 Å². The van der Waals surface area contributed by atoms with Crippen molar-refractivity contribution in [3.63, 3.8) is 0 Å². The van der Waals surface area contributed by atoms with Gasteiger partial charge in [-0.15, -0.1) is 0 Å². The Bertz CT molecular complexity index is 749. The van der Waals surface area contributed by atoms with E-state index in [0.717, 1.165) is 17.0 Å². The van der Waals surface area contributed by atoms with E-state index in [4.69, 9.17) is 0 Å². The number of aromatic nitrogens is 2. The van der Waals surface area contributed by atoms with E-state index in [1.807, 2.05) is 42.6 Å². The van der Waals surface area contributed by atoms with Crippen molar-refractivity contribution >= 4 is 28.9 Å². The molecule has 0 saturated carbocycles. The van der Waals surface area contributed by atoms with Crippen LogP contribution in [0.15, 0.2) is 54.7 Å². The Kier molecular flexibility index (Phi) is 3.92. The molecule has 0 radical (unpaired) electrons. The number of nitrogens with one attached hydrogen (secondary N) is 1. The van der Waals surface area contributed by atoms with Gasteiger partial charge in [0.05, 0.1) is 5.52 Å². The van der Waals surface area contributed by atoms with Crippen LogP contribution in [0.1, 0.15) is 16.1 Å². The molecule has 0 spiro atoms. The predicted molar refractivity (Wildman–Crippen MR) is 86.8 cm³/mol. The minimum absolute atomic E-state index is 0.194. The first-order valence-electron chi connectivity index (χ1n) is 6.60. The third-order valence-corrected chi connectivity index (χ3v) is 3.72. The quantitative estimate of drug-likeness (QED) is 0.802. The summed E-state index contributed by atoms with van der Waals surface area (Å²) in [6.07, 6.45) is 3.88. The summed E-state index contributed by atoms with van der Waals surface area (Å²) in [5, 5.41) is 7.16. The van der Waals surface area contributed by atoms with Gasteiger partial charge in [-0.3, -0.25) is 4.79 Å². The number of carbonyl (C=O) groups excluding carboxylic acids is 1. The largest absolute Gasteiger partial charge is 0.321 e. The van der Waals surface area contributed by atoms with Crippen LogP contribution in [0.5, 0.6) is 0 Å². The van der Waals surface area contributed by atoms with Gasteiger partial charge in [-0.25, -0.2) is 4.52 Å². The van der Waals surface area contributed by atoms with Crippen molar-refractivity contribution in [1.82, 2.24) is 9.61 Å². The Balaban J connectivity index is 1.80. The average molecular weight is 297 g/mol. The van der Waals surface area contributed by atoms with Crippen LogP contribution in [0.3, 0.4) is 0 Å². The van der Waals surface area contributed by atoms with Gasteiger partial charge in [0.25, 0.3) is 5.91 Å². The molecule has 0 aliphatic carbocycles. The molecule has 5 heteroatoms. The molecule has 0 atom stereocenters. The summed E-state index contributed by atoms with van der Waals surface area (Å²) in [7, 11) is 0. The number of rotatable bonds is 4. The lowest BCUT2D eigenvalue weighted by Crippen LogP contribution is -2.12. The third kappa shape index (κ3) is 3.08. The van der Waals surface area contributed by atoms with Gasteiger partial charge in [0.2, 0.25) is 0 Å². The highest BCUT2D eigenvalue weighted by atomic mass is 32.2. The molecule has 0 unspecified atom stereocenters. The van der Waals surface area contributed by atoms with Crippen molar-refractivity contribution in [1.29, 1.82) is 0 Å². The number of carbonyl (C=O) groups is 1. The molecule has 0 aliphatic heterocycles. The second-order valence-electron chi connectivity index (χ2n) is 4.69. The highest BCUT2D eigenvalue weighted by Crippen LogP contribution is 2.16. The SMILES string of the molecule is CSCc1cccc(NC(=O)c2cc3ccccn3n2)c1. The fourth-order valence-corrected chi connectivity index (χ4v) is 2.66. The van der Waals surface area contributed by atoms with Crippen molar-refractivity contribution in [3.8, 4) is 0 Å². The minimum atomic E-state index is -0.194. The minimum Gasteiger partial charge on any atom is -0.321 e. The summed E-state index contributed by atoms with van der Waals surface area (Å²) in [5.41, 5.74) is 3.30. The molecule has 21 heavy (non-hydrogen) atoms. The number of thioether (sulfide) groups is 1. The van der Waals surface area contributed by atoms with Gasteiger partial charge >= 0.3 is 0 Å². The molecule has 2 heterocycles. The van der Waals surface area contributed by atoms with Crippen molar-refractivity contribution in [2.45, 2.75) is 5.75 Å². The Labute approximate surface area is 127 Å². The first-order chi connectivity index (χ1) is 10.3. The normalized spacial score (nSPS) is 10.7. The molecular weight excluding hydrogens is 282 g/mol. The second kappa shape index (κ2) is 6.01. The van der Waals surface area contributed by atoms with Crippen LogP contribution < -0.4 is 5.32 Å². The molecule has 0 bridgehead atoms. The van der Waals surface area contributed by atoms with Gasteiger partial charge in [-0.1, -0.05) is 18.2 Å². The monoisotopic (exact) mass is 297 g/mol. The van der Waals surface area contributed by atoms with Gasteiger partial charge in [0.1, 0.15) is 0 Å². The van der Waals surface area contributed by atoms with E-state index < -0.39 is 0 Å². The number of pyridine rings is 1. The van der Waals surface area contributed by atoms with Crippen molar-refractivity contribution < 1.29 is 4.79 Å². The van der Waals surface area contributed by atoms with Crippen LogP contribution in [0.2, 0.25) is 0 Å². The fourth-order valence-electron chi connectivity index (χ4n) is 2.15. The topological polar surface area (TPSA) is 46.4 Å². The van der Waals surface area contributed by atoms with E-state index in [-0.39, 0.29) is 5.91 Å². The van der Waals surface area contributed by atoms with Crippen molar-refractivity contribution in [2.24, 2.45) is 0 Å². The number of anilines is 1. The number of amides is 1. The standard InChI is InChI=1S/C16H15N3OS/c1-21-11-12-5-4-6-13(9-12)17-16(20)15-10-14-7-2-3-8-19(14)18-15/h2-10H,11H2,1H3,(H,17,20). The van der Waals surface area contributed by atoms with E-state index in [1.165, 1.54) is 5.56 Å². The summed E-state index contributed by atoms with van der Waals surface area (Å²) in [6.45, 7) is 0. The zero-order valence-corrected chi connectivity index (χ0v) is 12.4. The van der Waals surface area contributed by atoms with Gasteiger partial charge in [-0.2, -0.15) is 16.9 Å². The summed E-state index contributed by atoms with van der Waals surface area (Å²) in [4.78, 5) is 12.3. The Hall–Kier alpha value is -2.27. The number of nitrogens with zero attached hydrogens (tertiary/aromatic N) is 2. The first-order valence-corrected chi connectivity index (χ1v) is 7.99. The molecule has 3 rings (SSSR count). The number of hydrogen-bond donors (Lipinski definition) is 1. The molecule has 0 saturated heterocycles. The highest BCUT2D eigenvalue weighted by molar-refractivity contribution is 7.97. The van der Waals surface area contributed by atoms with Gasteiger partial charge in [-0.05, 0) is 42.2 Å². The van der Waals surface area contributed by atoms with E-state index in [0.29, 0.717) is 5.69 Å². The molecule has 1 aromatic carbocycles. The van der Waals surface area contributed by atoms with Crippen LogP contribution in [-0.4, -0.2) is 21.8 Å². The van der Waals surface area contributed by atoms with E-state index in [1.54, 1.807) is 22.3 Å². The van der Waals surface area contributed by atoms with Crippen LogP contribution in [0.25, 0.3) is 5.52 Å². The summed E-state index contributed by atoms with van der Waals surface area (Å²) >= 11 is 1.75. The first kappa shape index (κ1) is 13.7. The molecule has 4 nitrogen and oxygen atoms in total. The fraction of sp³-hybridized carbons (Fsp3) is 0.125. The molecule has 0 aliphatic rings. The zero-order chi connectivity index (χ0) is 14.7. The van der Waals surface area contributed by atoms with E-state index in [9.17, 15) is 4.79 Å². The van der Waals surface area contributed by atoms with Crippen LogP contribution in [0.4, 0.5) is 5.69 Å². The predicted octanol–water partition coefficient (Wildman–Crippen LogP) is 3.45. The van der Waals surface area contributed by atoms with Crippen LogP contribution >= 0.6 is 11.8 Å². The molecule has 2 aromatic heterocycles. The summed E-state index contributed by atoms with van der Waals surface area (Å²) < 4.78 is 1.69. The van der Waals surface area contributed by atoms with Gasteiger partial charge < -0.3 is 5.32 Å². The van der Waals surface area contributed by atoms with Gasteiger partial charge in [0.15, 0.2) is 5.69 Å². The maximum Gasteiger partial charge on any atom is 0.276 e. The maximum atomic E-state index is 12.3. The second-order valence-corrected chi connectivity index (χ2v) is 5.55. The smallest absolute Gasteiger partial charge is 0.276 e. The highest BCUT2D eigenvalue weighted by Gasteiger charge is 2.11. The van der Waals surface area contributed by atoms with Gasteiger partial charge in [0, 0.05) is 17.6 Å². The van der Waals surface area contributed by atoms with Crippen molar-refractivity contribution in [2.75, 3.05) is 11.6 Å². The molecule has 1 amide bonds. The number of hydrogen-bond acceptors (Lipinski definition) is 3. The van der Waals surface area contributed by atoms with E-state index >= 15 is 0 Å². The molecule has 3 aromatic rings. The van der Waals surface area contributed by atoms with Crippen molar-refractivity contribution in [3.05, 3.63) is 66.0 Å². The zero-order valence-electron chi connectivity index (χ0n) is 11.6. The number of benzene rings is 1. The Morgan fingerprint density at radius 3 is 2.95 bits per heavy atom. The molecule has 106 valence electrons.